The maximum absolute atomic E-state index is 5.74. The van der Waals surface area contributed by atoms with Gasteiger partial charge in [-0.3, -0.25) is 4.90 Å². The first-order chi connectivity index (χ1) is 8.79. The van der Waals surface area contributed by atoms with Crippen LogP contribution in [0.1, 0.15) is 52.4 Å². The molecule has 1 N–H and O–H groups in total. The maximum atomic E-state index is 5.74. The van der Waals surface area contributed by atoms with Crippen LogP contribution in [0.2, 0.25) is 0 Å². The van der Waals surface area contributed by atoms with Crippen molar-refractivity contribution < 1.29 is 4.74 Å². The van der Waals surface area contributed by atoms with E-state index >= 15 is 0 Å². The lowest BCUT2D eigenvalue weighted by molar-refractivity contribution is 0.0549. The van der Waals surface area contributed by atoms with Gasteiger partial charge in [0.2, 0.25) is 0 Å². The summed E-state index contributed by atoms with van der Waals surface area (Å²) < 4.78 is 5.74. The first kappa shape index (κ1) is 14.3. The monoisotopic (exact) mass is 254 g/mol. The molecule has 106 valence electrons. The Hall–Kier alpha value is -0.120. The SMILES string of the molecule is CCCNC1CCC(N2CCCOC(C)C2)CC1. The lowest BCUT2D eigenvalue weighted by Crippen LogP contribution is -2.44. The normalized spacial score (nSPS) is 35.3. The van der Waals surface area contributed by atoms with E-state index in [9.17, 15) is 0 Å². The lowest BCUT2D eigenvalue weighted by atomic mass is 9.90. The minimum Gasteiger partial charge on any atom is -0.377 e. The predicted molar refractivity (Wildman–Crippen MR) is 75.9 cm³/mol. The Morgan fingerprint density at radius 2 is 2.00 bits per heavy atom. The highest BCUT2D eigenvalue weighted by Crippen LogP contribution is 2.24. The zero-order valence-electron chi connectivity index (χ0n) is 12.2. The van der Waals surface area contributed by atoms with E-state index < -0.39 is 0 Å². The van der Waals surface area contributed by atoms with Crippen molar-refractivity contribution in [3.05, 3.63) is 0 Å². The molecule has 1 heterocycles. The average molecular weight is 254 g/mol. The molecule has 2 aliphatic rings. The van der Waals surface area contributed by atoms with E-state index in [1.807, 2.05) is 0 Å². The molecule has 1 unspecified atom stereocenters. The number of rotatable bonds is 4. The fourth-order valence-electron chi connectivity index (χ4n) is 3.35. The molecule has 0 amide bonds. The highest BCUT2D eigenvalue weighted by molar-refractivity contribution is 4.84. The van der Waals surface area contributed by atoms with Gasteiger partial charge in [-0.25, -0.2) is 0 Å². The largest absolute Gasteiger partial charge is 0.377 e. The van der Waals surface area contributed by atoms with E-state index in [0.717, 1.165) is 25.2 Å². The number of hydrogen-bond donors (Lipinski definition) is 1. The van der Waals surface area contributed by atoms with Crippen molar-refractivity contribution in [2.45, 2.75) is 70.6 Å². The first-order valence-electron chi connectivity index (χ1n) is 7.88. The van der Waals surface area contributed by atoms with E-state index in [1.54, 1.807) is 0 Å². The molecule has 3 nitrogen and oxygen atoms in total. The summed E-state index contributed by atoms with van der Waals surface area (Å²) in [6.07, 6.45) is 8.33. The van der Waals surface area contributed by atoms with Gasteiger partial charge in [0.25, 0.3) is 0 Å². The van der Waals surface area contributed by atoms with Crippen molar-refractivity contribution in [2.75, 3.05) is 26.2 Å². The minimum atomic E-state index is 0.420. The second-order valence-electron chi connectivity index (χ2n) is 5.99. The highest BCUT2D eigenvalue weighted by atomic mass is 16.5. The minimum absolute atomic E-state index is 0.420. The smallest absolute Gasteiger partial charge is 0.0674 e. The molecule has 1 atom stereocenters. The van der Waals surface area contributed by atoms with Crippen LogP contribution in [0.3, 0.4) is 0 Å². The van der Waals surface area contributed by atoms with Crippen LogP contribution in [0, 0.1) is 0 Å². The van der Waals surface area contributed by atoms with E-state index in [2.05, 4.69) is 24.1 Å². The molecule has 0 spiro atoms. The molecule has 1 aliphatic heterocycles. The molecular formula is C15H30N2O. The van der Waals surface area contributed by atoms with Crippen molar-refractivity contribution in [3.63, 3.8) is 0 Å². The van der Waals surface area contributed by atoms with Gasteiger partial charge in [-0.15, -0.1) is 0 Å². The van der Waals surface area contributed by atoms with Gasteiger partial charge in [-0.05, 0) is 52.0 Å². The summed E-state index contributed by atoms with van der Waals surface area (Å²) in [7, 11) is 0. The van der Waals surface area contributed by atoms with E-state index in [0.29, 0.717) is 6.10 Å². The van der Waals surface area contributed by atoms with Gasteiger partial charge in [-0.1, -0.05) is 6.92 Å². The molecule has 0 aromatic rings. The number of nitrogens with zero attached hydrogens (tertiary/aromatic N) is 1. The first-order valence-corrected chi connectivity index (χ1v) is 7.88. The van der Waals surface area contributed by atoms with Crippen LogP contribution in [-0.2, 0) is 4.74 Å². The van der Waals surface area contributed by atoms with Gasteiger partial charge in [0.05, 0.1) is 6.10 Å². The summed E-state index contributed by atoms with van der Waals surface area (Å²) in [6, 6.07) is 1.59. The molecule has 0 aromatic heterocycles. The van der Waals surface area contributed by atoms with Gasteiger partial charge in [0, 0.05) is 31.8 Å². The van der Waals surface area contributed by atoms with Crippen molar-refractivity contribution in [1.29, 1.82) is 0 Å². The molecule has 0 bridgehead atoms. The summed E-state index contributed by atoms with van der Waals surface area (Å²) >= 11 is 0. The molecule has 1 aliphatic carbocycles. The third-order valence-electron chi connectivity index (χ3n) is 4.38. The molecule has 1 saturated heterocycles. The Balaban J connectivity index is 1.74. The van der Waals surface area contributed by atoms with Crippen molar-refractivity contribution in [2.24, 2.45) is 0 Å². The van der Waals surface area contributed by atoms with Gasteiger partial charge < -0.3 is 10.1 Å². The molecule has 2 fully saturated rings. The highest BCUT2D eigenvalue weighted by Gasteiger charge is 2.27. The second kappa shape index (κ2) is 7.46. The third-order valence-corrected chi connectivity index (χ3v) is 4.38. The third kappa shape index (κ3) is 4.22. The molecule has 0 aromatic carbocycles. The summed E-state index contributed by atoms with van der Waals surface area (Å²) in [5.74, 6) is 0. The van der Waals surface area contributed by atoms with Crippen LogP contribution in [-0.4, -0.2) is 49.3 Å². The molecular weight excluding hydrogens is 224 g/mol. The summed E-state index contributed by atoms with van der Waals surface area (Å²) in [4.78, 5) is 2.69. The Bertz CT molecular complexity index is 227. The molecule has 1 saturated carbocycles. The van der Waals surface area contributed by atoms with Crippen molar-refractivity contribution >= 4 is 0 Å². The number of nitrogens with one attached hydrogen (secondary N) is 1. The number of ether oxygens (including phenoxy) is 1. The summed E-state index contributed by atoms with van der Waals surface area (Å²) in [5.41, 5.74) is 0. The Labute approximate surface area is 112 Å². The van der Waals surface area contributed by atoms with Gasteiger partial charge in [0.15, 0.2) is 0 Å². The van der Waals surface area contributed by atoms with Crippen LogP contribution in [0.25, 0.3) is 0 Å². The van der Waals surface area contributed by atoms with Gasteiger partial charge >= 0.3 is 0 Å². The maximum Gasteiger partial charge on any atom is 0.0674 e. The Kier molecular flexibility index (Phi) is 5.93. The van der Waals surface area contributed by atoms with Crippen LogP contribution >= 0.6 is 0 Å². The van der Waals surface area contributed by atoms with Gasteiger partial charge in [0.1, 0.15) is 0 Å². The standard InChI is InChI=1S/C15H30N2O/c1-3-9-16-14-5-7-15(8-6-14)17-10-4-11-18-13(2)12-17/h13-16H,3-12H2,1-2H3. The van der Waals surface area contributed by atoms with Crippen LogP contribution in [0.5, 0.6) is 0 Å². The molecule has 2 rings (SSSR count). The fourth-order valence-corrected chi connectivity index (χ4v) is 3.35. The van der Waals surface area contributed by atoms with Crippen LogP contribution in [0.15, 0.2) is 0 Å². The topological polar surface area (TPSA) is 24.5 Å². The lowest BCUT2D eigenvalue weighted by Gasteiger charge is -2.37. The quantitative estimate of drug-likeness (QED) is 0.834. The average Bonchev–Trinajstić information content (AvgIpc) is 2.62. The second-order valence-corrected chi connectivity index (χ2v) is 5.99. The Morgan fingerprint density at radius 1 is 1.22 bits per heavy atom. The summed E-state index contributed by atoms with van der Waals surface area (Å²) in [6.45, 7) is 8.97. The van der Waals surface area contributed by atoms with Crippen LogP contribution in [0.4, 0.5) is 0 Å². The predicted octanol–water partition coefficient (Wildman–Crippen LogP) is 2.41. The van der Waals surface area contributed by atoms with Crippen molar-refractivity contribution in [1.82, 2.24) is 10.2 Å². The zero-order valence-corrected chi connectivity index (χ0v) is 12.2. The van der Waals surface area contributed by atoms with E-state index in [1.165, 1.54) is 51.6 Å². The fraction of sp³-hybridized carbons (Fsp3) is 1.00. The Morgan fingerprint density at radius 3 is 2.72 bits per heavy atom. The number of hydrogen-bond acceptors (Lipinski definition) is 3. The zero-order chi connectivity index (χ0) is 12.8. The van der Waals surface area contributed by atoms with E-state index in [-0.39, 0.29) is 0 Å². The molecule has 18 heavy (non-hydrogen) atoms. The molecule has 3 heteroatoms. The van der Waals surface area contributed by atoms with E-state index in [4.69, 9.17) is 4.74 Å². The van der Waals surface area contributed by atoms with Crippen LogP contribution < -0.4 is 5.32 Å². The van der Waals surface area contributed by atoms with Gasteiger partial charge in [-0.2, -0.15) is 0 Å². The van der Waals surface area contributed by atoms with Crippen molar-refractivity contribution in [3.8, 4) is 0 Å². The summed E-state index contributed by atoms with van der Waals surface area (Å²) in [5, 5.41) is 3.67. The molecule has 0 radical (unpaired) electrons.